The van der Waals surface area contributed by atoms with E-state index in [1.165, 1.54) is 9.47 Å². The summed E-state index contributed by atoms with van der Waals surface area (Å²) in [6.07, 6.45) is 0.0570. The van der Waals surface area contributed by atoms with Gasteiger partial charge in [-0.05, 0) is 42.5 Å². The largest absolute Gasteiger partial charge is 0.360 e. The summed E-state index contributed by atoms with van der Waals surface area (Å²) >= 11 is 11.4. The molecule has 10 heteroatoms. The Morgan fingerprint density at radius 1 is 1.21 bits per heavy atom. The molecule has 1 amide bonds. The first kappa shape index (κ1) is 22.8. The Morgan fingerprint density at radius 3 is 2.79 bits per heavy atom. The highest BCUT2D eigenvalue weighted by Gasteiger charge is 2.33. The van der Waals surface area contributed by atoms with Gasteiger partial charge >= 0.3 is 0 Å². The molecule has 34 heavy (non-hydrogen) atoms. The third-order valence-electron chi connectivity index (χ3n) is 6.45. The first-order valence-corrected chi connectivity index (χ1v) is 12.2. The van der Waals surface area contributed by atoms with Crippen LogP contribution in [0.5, 0.6) is 0 Å². The van der Waals surface area contributed by atoms with Crippen LogP contribution in [-0.2, 0) is 4.79 Å². The smallest absolute Gasteiger partial charge is 0.257 e. The predicted octanol–water partition coefficient (Wildman–Crippen LogP) is 1.76. The number of quaternary nitrogens is 1. The highest BCUT2D eigenvalue weighted by molar-refractivity contribution is 7.71. The zero-order valence-electron chi connectivity index (χ0n) is 18.6. The van der Waals surface area contributed by atoms with Crippen molar-refractivity contribution in [3.8, 4) is 0 Å². The molecule has 1 saturated heterocycles. The Morgan fingerprint density at radius 2 is 2.00 bits per heavy atom. The van der Waals surface area contributed by atoms with E-state index in [9.17, 15) is 9.59 Å². The topological polar surface area (TPSA) is 83.7 Å². The summed E-state index contributed by atoms with van der Waals surface area (Å²) in [6.45, 7) is 5.32. The number of halogens is 1. The van der Waals surface area contributed by atoms with Crippen LogP contribution < -0.4 is 20.4 Å². The van der Waals surface area contributed by atoms with Gasteiger partial charge in [0.05, 0.1) is 51.2 Å². The fourth-order valence-corrected chi connectivity index (χ4v) is 5.11. The molecule has 176 valence electrons. The summed E-state index contributed by atoms with van der Waals surface area (Å²) in [6, 6.07) is 14.8. The van der Waals surface area contributed by atoms with Gasteiger partial charge in [-0.25, -0.2) is 9.55 Å². The van der Waals surface area contributed by atoms with Gasteiger partial charge in [-0.3, -0.25) is 9.59 Å². The number of aromatic nitrogens is 2. The minimum absolute atomic E-state index is 0.0570. The maximum atomic E-state index is 12.9. The Labute approximate surface area is 207 Å². The molecule has 0 spiro atoms. The van der Waals surface area contributed by atoms with Gasteiger partial charge in [-0.2, -0.15) is 0 Å². The number of carbonyl (C=O) groups is 2. The average Bonchev–Trinajstić information content (AvgIpc) is 3.16. The monoisotopic (exact) mass is 497 g/mol. The van der Waals surface area contributed by atoms with Crippen molar-refractivity contribution in [2.75, 3.05) is 49.5 Å². The summed E-state index contributed by atoms with van der Waals surface area (Å²) in [7, 11) is 0. The van der Waals surface area contributed by atoms with Crippen LogP contribution in [-0.4, -0.2) is 66.7 Å². The van der Waals surface area contributed by atoms with E-state index in [-0.39, 0.29) is 23.0 Å². The van der Waals surface area contributed by atoms with Gasteiger partial charge in [0.25, 0.3) is 5.91 Å². The number of rotatable bonds is 6. The van der Waals surface area contributed by atoms with Crippen molar-refractivity contribution in [1.29, 1.82) is 0 Å². The molecule has 2 aliphatic rings. The van der Waals surface area contributed by atoms with E-state index in [2.05, 4.69) is 26.6 Å². The quantitative estimate of drug-likeness (QED) is 0.450. The van der Waals surface area contributed by atoms with Gasteiger partial charge in [-0.1, -0.05) is 29.8 Å². The number of nitrogens with zero attached hydrogens (tertiary/aromatic N) is 3. The standard InChI is InChI=1S/C24H25ClN6O2S/c25-16-4-3-5-17(14-16)30-12-10-29(11-13-30)9-8-26-21(32)15-20-23(33)31-22(27-20)18-6-1-2-7-19(18)28-24(31)34/h1-7,14,20,27H,8-13,15H2,(H,26,32)/p+1. The predicted molar refractivity (Wildman–Crippen MR) is 135 cm³/mol. The van der Waals surface area contributed by atoms with Crippen LogP contribution >= 0.6 is 23.8 Å². The van der Waals surface area contributed by atoms with Crippen molar-refractivity contribution in [1.82, 2.24) is 14.9 Å². The maximum absolute atomic E-state index is 12.9. The number of carbonyl (C=O) groups excluding carboxylic acids is 2. The zero-order chi connectivity index (χ0) is 23.7. The Hall–Kier alpha value is -3.01. The summed E-state index contributed by atoms with van der Waals surface area (Å²) in [5, 5.41) is 7.72. The van der Waals surface area contributed by atoms with Crippen molar-refractivity contribution < 1.29 is 14.5 Å². The van der Waals surface area contributed by atoms with Crippen LogP contribution in [0.4, 0.5) is 11.5 Å². The lowest BCUT2D eigenvalue weighted by Gasteiger charge is -2.33. The molecule has 1 aromatic heterocycles. The first-order valence-electron chi connectivity index (χ1n) is 11.4. The Kier molecular flexibility index (Phi) is 6.49. The third kappa shape index (κ3) is 4.64. The minimum Gasteiger partial charge on any atom is -0.360 e. The number of piperazine rings is 1. The van der Waals surface area contributed by atoms with Crippen molar-refractivity contribution in [3.05, 3.63) is 58.3 Å². The first-order chi connectivity index (χ1) is 16.5. The molecule has 3 N–H and O–H groups in total. The Bertz CT molecular complexity index is 1300. The van der Waals surface area contributed by atoms with Gasteiger partial charge in [0.15, 0.2) is 0 Å². The molecular formula is C24H26ClN6O2S+. The molecule has 2 aromatic carbocycles. The van der Waals surface area contributed by atoms with E-state index >= 15 is 0 Å². The van der Waals surface area contributed by atoms with Crippen LogP contribution in [0, 0.1) is 4.77 Å². The lowest BCUT2D eigenvalue weighted by atomic mass is 10.2. The number of nitrogens with one attached hydrogen (secondary N) is 3. The lowest BCUT2D eigenvalue weighted by molar-refractivity contribution is -0.899. The molecule has 2 aliphatic heterocycles. The number of hydrogen-bond donors (Lipinski definition) is 3. The third-order valence-corrected chi connectivity index (χ3v) is 6.96. The number of anilines is 2. The molecule has 0 aliphatic carbocycles. The van der Waals surface area contributed by atoms with Crippen molar-refractivity contribution >= 4 is 58.0 Å². The molecule has 0 saturated carbocycles. The van der Waals surface area contributed by atoms with Gasteiger partial charge in [0, 0.05) is 16.1 Å². The molecule has 3 heterocycles. The van der Waals surface area contributed by atoms with E-state index in [1.54, 1.807) is 0 Å². The van der Waals surface area contributed by atoms with Crippen LogP contribution in [0.25, 0.3) is 10.9 Å². The molecule has 1 atom stereocenters. The second-order valence-corrected chi connectivity index (χ2v) is 9.45. The molecular weight excluding hydrogens is 472 g/mol. The van der Waals surface area contributed by atoms with E-state index in [0.29, 0.717) is 12.4 Å². The molecule has 3 aromatic rings. The molecule has 1 fully saturated rings. The van der Waals surface area contributed by atoms with Crippen LogP contribution in [0.15, 0.2) is 48.5 Å². The second-order valence-electron chi connectivity index (χ2n) is 8.65. The molecule has 0 radical (unpaired) electrons. The van der Waals surface area contributed by atoms with E-state index in [4.69, 9.17) is 23.8 Å². The number of fused-ring (bicyclic) bond motifs is 3. The SMILES string of the molecule is O=C(CC1Nc2c3ccccc3nc(=S)n2C1=O)NCC[NH+]1CCN(c2cccc(Cl)c2)CC1. The van der Waals surface area contributed by atoms with E-state index in [0.717, 1.165) is 54.3 Å². The van der Waals surface area contributed by atoms with Gasteiger partial charge in [0.2, 0.25) is 10.7 Å². The van der Waals surface area contributed by atoms with Crippen LogP contribution in [0.3, 0.4) is 0 Å². The number of hydrogen-bond acceptors (Lipinski definition) is 6. The van der Waals surface area contributed by atoms with E-state index in [1.807, 2.05) is 42.5 Å². The Balaban J connectivity index is 1.10. The van der Waals surface area contributed by atoms with Gasteiger partial charge in [0.1, 0.15) is 11.9 Å². The van der Waals surface area contributed by atoms with Crippen molar-refractivity contribution in [2.24, 2.45) is 0 Å². The highest BCUT2D eigenvalue weighted by atomic mass is 35.5. The minimum atomic E-state index is -0.650. The summed E-state index contributed by atoms with van der Waals surface area (Å²) in [5.74, 6) is 0.219. The fourth-order valence-electron chi connectivity index (χ4n) is 4.65. The van der Waals surface area contributed by atoms with Crippen molar-refractivity contribution in [3.63, 3.8) is 0 Å². The molecule has 0 bridgehead atoms. The summed E-state index contributed by atoms with van der Waals surface area (Å²) < 4.78 is 1.61. The number of para-hydroxylation sites is 1. The zero-order valence-corrected chi connectivity index (χ0v) is 20.2. The summed E-state index contributed by atoms with van der Waals surface area (Å²) in [5.41, 5.74) is 1.88. The fraction of sp³-hybridized carbons (Fsp3) is 0.333. The molecule has 5 rings (SSSR count). The second kappa shape index (κ2) is 9.69. The van der Waals surface area contributed by atoms with Crippen LogP contribution in [0.1, 0.15) is 11.2 Å². The normalized spacial score (nSPS) is 18.1. The van der Waals surface area contributed by atoms with Crippen LogP contribution in [0.2, 0.25) is 5.02 Å². The van der Waals surface area contributed by atoms with E-state index < -0.39 is 6.04 Å². The lowest BCUT2D eigenvalue weighted by Crippen LogP contribution is -3.15. The van der Waals surface area contributed by atoms with Gasteiger partial charge in [-0.15, -0.1) is 0 Å². The average molecular weight is 498 g/mol. The van der Waals surface area contributed by atoms with Gasteiger partial charge < -0.3 is 20.4 Å². The highest BCUT2D eigenvalue weighted by Crippen LogP contribution is 2.28. The maximum Gasteiger partial charge on any atom is 0.257 e. The van der Waals surface area contributed by atoms with Crippen molar-refractivity contribution in [2.45, 2.75) is 12.5 Å². The summed E-state index contributed by atoms with van der Waals surface area (Å²) in [4.78, 5) is 33.6. The molecule has 1 unspecified atom stereocenters. The number of benzene rings is 2. The number of amides is 1. The molecule has 8 nitrogen and oxygen atoms in total.